The average molecular weight is 258 g/mol. The molecule has 82 valence electrons. The summed E-state index contributed by atoms with van der Waals surface area (Å²) in [5.41, 5.74) is 0. The van der Waals surface area contributed by atoms with E-state index in [2.05, 4.69) is 6.08 Å². The van der Waals surface area contributed by atoms with Crippen molar-refractivity contribution in [1.29, 1.82) is 0 Å². The van der Waals surface area contributed by atoms with Gasteiger partial charge in [0.25, 0.3) is 0 Å². The Morgan fingerprint density at radius 1 is 1.21 bits per heavy atom. The third-order valence-electron chi connectivity index (χ3n) is 2.53. The summed E-state index contributed by atoms with van der Waals surface area (Å²) in [5, 5.41) is 9.78. The van der Waals surface area contributed by atoms with Crippen molar-refractivity contribution in [3.63, 3.8) is 0 Å². The maximum atomic E-state index is 9.78. The smallest absolute Gasteiger partial charge is 0.216 e. The summed E-state index contributed by atoms with van der Waals surface area (Å²) >= 11 is 17.0. The van der Waals surface area contributed by atoms with Crippen LogP contribution in [0.2, 0.25) is 0 Å². The Morgan fingerprint density at radius 3 is 2.57 bits per heavy atom. The molecule has 0 aromatic rings. The van der Waals surface area contributed by atoms with Crippen molar-refractivity contribution in [2.75, 3.05) is 0 Å². The van der Waals surface area contributed by atoms with Crippen LogP contribution in [0.4, 0.5) is 0 Å². The molecule has 0 amide bonds. The Labute approximate surface area is 100 Å². The first-order valence-electron chi connectivity index (χ1n) is 4.93. The summed E-state index contributed by atoms with van der Waals surface area (Å²) in [4.78, 5) is 0. The zero-order valence-electron chi connectivity index (χ0n) is 7.93. The van der Waals surface area contributed by atoms with Gasteiger partial charge >= 0.3 is 0 Å². The lowest BCUT2D eigenvalue weighted by molar-refractivity contribution is 0.127. The van der Waals surface area contributed by atoms with Gasteiger partial charge in [-0.1, -0.05) is 59.8 Å². The fourth-order valence-electron chi connectivity index (χ4n) is 1.69. The number of aliphatic hydroxyl groups is 1. The third-order valence-corrected chi connectivity index (χ3v) is 3.20. The first-order valence-corrected chi connectivity index (χ1v) is 6.06. The average Bonchev–Trinajstić information content (AvgIpc) is 2.00. The van der Waals surface area contributed by atoms with Crippen LogP contribution >= 0.6 is 34.8 Å². The summed E-state index contributed by atoms with van der Waals surface area (Å²) in [5.74, 6) is -0.0252. The highest BCUT2D eigenvalue weighted by Crippen LogP contribution is 2.36. The topological polar surface area (TPSA) is 20.2 Å². The molecule has 0 radical (unpaired) electrons. The van der Waals surface area contributed by atoms with E-state index in [1.54, 1.807) is 0 Å². The van der Waals surface area contributed by atoms with Crippen LogP contribution in [0.5, 0.6) is 0 Å². The Bertz CT molecular complexity index is 198. The second-order valence-electron chi connectivity index (χ2n) is 3.72. The molecule has 14 heavy (non-hydrogen) atoms. The van der Waals surface area contributed by atoms with Crippen molar-refractivity contribution in [3.8, 4) is 0 Å². The molecule has 2 unspecified atom stereocenters. The molecule has 0 aromatic carbocycles. The molecule has 1 aliphatic carbocycles. The molecule has 0 aromatic heterocycles. The molecule has 1 nitrogen and oxygen atoms in total. The Balaban J connectivity index is 2.59. The lowest BCUT2D eigenvalue weighted by Gasteiger charge is -2.26. The van der Waals surface area contributed by atoms with Gasteiger partial charge < -0.3 is 5.11 Å². The zero-order valence-corrected chi connectivity index (χ0v) is 10.2. The van der Waals surface area contributed by atoms with Gasteiger partial charge in [-0.25, -0.2) is 0 Å². The highest BCUT2D eigenvalue weighted by Gasteiger charge is 2.35. The van der Waals surface area contributed by atoms with Gasteiger partial charge in [-0.15, -0.1) is 0 Å². The number of aliphatic hydroxyl groups excluding tert-OH is 1. The zero-order chi connectivity index (χ0) is 10.6. The van der Waals surface area contributed by atoms with Gasteiger partial charge in [-0.3, -0.25) is 0 Å². The van der Waals surface area contributed by atoms with Crippen LogP contribution in [0.15, 0.2) is 12.2 Å². The molecule has 1 N–H and O–H groups in total. The van der Waals surface area contributed by atoms with Crippen LogP contribution in [0, 0.1) is 5.92 Å². The van der Waals surface area contributed by atoms with E-state index in [0.29, 0.717) is 0 Å². The Morgan fingerprint density at radius 2 is 1.93 bits per heavy atom. The standard InChI is InChI=1S/C10H15Cl3O/c11-10(12,13)9(14)8-6-4-2-1-3-5-7-8/h4,6,8-9,14H,1-3,5,7H2. The second kappa shape index (κ2) is 5.60. The first-order chi connectivity index (χ1) is 6.52. The van der Waals surface area contributed by atoms with Crippen LogP contribution in [0.3, 0.4) is 0 Å². The number of allylic oxidation sites excluding steroid dienone is 1. The van der Waals surface area contributed by atoms with Gasteiger partial charge in [-0.05, 0) is 19.3 Å². The summed E-state index contributed by atoms with van der Waals surface area (Å²) < 4.78 is -1.58. The largest absolute Gasteiger partial charge is 0.388 e. The van der Waals surface area contributed by atoms with Gasteiger partial charge in [0.15, 0.2) is 0 Å². The maximum Gasteiger partial charge on any atom is 0.216 e. The second-order valence-corrected chi connectivity index (χ2v) is 6.09. The molecule has 4 heteroatoms. The van der Waals surface area contributed by atoms with Crippen molar-refractivity contribution in [2.45, 2.75) is 42.0 Å². The van der Waals surface area contributed by atoms with Crippen molar-refractivity contribution >= 4 is 34.8 Å². The summed E-state index contributed by atoms with van der Waals surface area (Å²) in [7, 11) is 0. The Hall–Kier alpha value is 0.570. The van der Waals surface area contributed by atoms with E-state index < -0.39 is 9.90 Å². The molecule has 1 aliphatic rings. The minimum atomic E-state index is -1.58. The van der Waals surface area contributed by atoms with E-state index in [9.17, 15) is 5.11 Å². The molecule has 0 bridgehead atoms. The Kier molecular flexibility index (Phi) is 5.05. The molecular weight excluding hydrogens is 242 g/mol. The van der Waals surface area contributed by atoms with Crippen LogP contribution in [0.25, 0.3) is 0 Å². The monoisotopic (exact) mass is 256 g/mol. The molecule has 0 aliphatic heterocycles. The van der Waals surface area contributed by atoms with E-state index in [-0.39, 0.29) is 5.92 Å². The highest BCUT2D eigenvalue weighted by molar-refractivity contribution is 6.68. The third kappa shape index (κ3) is 3.98. The number of hydrogen-bond acceptors (Lipinski definition) is 1. The molecule has 0 fully saturated rings. The number of hydrogen-bond donors (Lipinski definition) is 1. The van der Waals surface area contributed by atoms with Crippen LogP contribution in [-0.2, 0) is 0 Å². The van der Waals surface area contributed by atoms with Crippen molar-refractivity contribution < 1.29 is 5.11 Å². The normalized spacial score (nSPS) is 26.7. The summed E-state index contributed by atoms with van der Waals surface area (Å²) in [6, 6.07) is 0. The molecule has 0 saturated heterocycles. The molecule has 1 rings (SSSR count). The molecule has 0 saturated carbocycles. The van der Waals surface area contributed by atoms with Gasteiger partial charge in [0.05, 0.1) is 0 Å². The van der Waals surface area contributed by atoms with E-state index >= 15 is 0 Å². The van der Waals surface area contributed by atoms with Crippen LogP contribution in [-0.4, -0.2) is 15.0 Å². The van der Waals surface area contributed by atoms with E-state index in [4.69, 9.17) is 34.8 Å². The van der Waals surface area contributed by atoms with Gasteiger partial charge in [-0.2, -0.15) is 0 Å². The predicted octanol–water partition coefficient (Wildman–Crippen LogP) is 3.85. The molecule has 0 heterocycles. The van der Waals surface area contributed by atoms with Crippen molar-refractivity contribution in [3.05, 3.63) is 12.2 Å². The van der Waals surface area contributed by atoms with Crippen molar-refractivity contribution in [1.82, 2.24) is 0 Å². The van der Waals surface area contributed by atoms with Crippen molar-refractivity contribution in [2.24, 2.45) is 5.92 Å². The fraction of sp³-hybridized carbons (Fsp3) is 0.800. The SMILES string of the molecule is OC(C1C=CCCCCC1)C(Cl)(Cl)Cl. The maximum absolute atomic E-state index is 9.78. The van der Waals surface area contributed by atoms with Crippen LogP contribution < -0.4 is 0 Å². The first kappa shape index (κ1) is 12.6. The molecular formula is C10H15Cl3O. The predicted molar refractivity (Wildman–Crippen MR) is 62.0 cm³/mol. The molecule has 0 spiro atoms. The lowest BCUT2D eigenvalue weighted by Crippen LogP contribution is -2.32. The fourth-order valence-corrected chi connectivity index (χ4v) is 2.18. The number of halogens is 3. The summed E-state index contributed by atoms with van der Waals surface area (Å²) in [6.45, 7) is 0. The quantitative estimate of drug-likeness (QED) is 0.559. The number of rotatable bonds is 1. The van der Waals surface area contributed by atoms with Gasteiger partial charge in [0, 0.05) is 5.92 Å². The van der Waals surface area contributed by atoms with Gasteiger partial charge in [0.2, 0.25) is 3.79 Å². The summed E-state index contributed by atoms with van der Waals surface area (Å²) in [6.07, 6.45) is 8.60. The van der Waals surface area contributed by atoms with E-state index in [1.807, 2.05) is 6.08 Å². The number of alkyl halides is 3. The van der Waals surface area contributed by atoms with Gasteiger partial charge in [0.1, 0.15) is 6.10 Å². The minimum Gasteiger partial charge on any atom is -0.388 e. The van der Waals surface area contributed by atoms with E-state index in [1.165, 1.54) is 12.8 Å². The highest BCUT2D eigenvalue weighted by atomic mass is 35.6. The molecule has 2 atom stereocenters. The lowest BCUT2D eigenvalue weighted by atomic mass is 9.92. The van der Waals surface area contributed by atoms with E-state index in [0.717, 1.165) is 19.3 Å². The minimum absolute atomic E-state index is 0.0252. The van der Waals surface area contributed by atoms with Crippen LogP contribution in [0.1, 0.15) is 32.1 Å².